The Bertz CT molecular complexity index is 3350. The molecule has 0 bridgehead atoms. The molecule has 8 aromatic carbocycles. The first-order chi connectivity index (χ1) is 29.7. The van der Waals surface area contributed by atoms with Crippen LogP contribution in [0.1, 0.15) is 25.3 Å². The van der Waals surface area contributed by atoms with Crippen LogP contribution in [0.3, 0.4) is 0 Å². The molecule has 0 aliphatic heterocycles. The maximum atomic E-state index is 6.63. The fourth-order valence-electron chi connectivity index (χ4n) is 8.60. The molecule has 0 aliphatic rings. The minimum atomic E-state index is 0.569. The Morgan fingerprint density at radius 2 is 1.02 bits per heavy atom. The van der Waals surface area contributed by atoms with Gasteiger partial charge in [-0.1, -0.05) is 171 Å². The second-order valence-electron chi connectivity index (χ2n) is 15.5. The maximum Gasteiger partial charge on any atom is 0.238 e. The van der Waals surface area contributed by atoms with Gasteiger partial charge in [-0.05, 0) is 76.6 Å². The molecule has 3 heterocycles. The van der Waals surface area contributed by atoms with Crippen molar-refractivity contribution in [3.63, 3.8) is 0 Å². The van der Waals surface area contributed by atoms with Crippen LogP contribution < -0.4 is 0 Å². The molecular formula is C55H40N4O. The zero-order valence-corrected chi connectivity index (χ0v) is 33.2. The number of hydrogen-bond donors (Lipinski definition) is 0. The molecule has 0 radical (unpaired) electrons. The molecule has 0 saturated carbocycles. The predicted molar refractivity (Wildman–Crippen MR) is 247 cm³/mol. The van der Waals surface area contributed by atoms with E-state index in [2.05, 4.69) is 175 Å². The molecule has 0 unspecified atom stereocenters. The van der Waals surface area contributed by atoms with Gasteiger partial charge in [-0.2, -0.15) is 9.97 Å². The van der Waals surface area contributed by atoms with Gasteiger partial charge in [0.2, 0.25) is 5.95 Å². The standard InChI is InChI=1S/C55H40N4O/c1-2-3-14-36-15-12-20-41(33-36)38-25-27-40(28-26-38)54-56-53(39-18-8-5-9-19-39)57-55(58-54)59-49-24-11-10-21-45(49)47-35-43(29-31-50(47)59)44-22-13-23-46-48-34-42(37-16-6-4-7-17-37)30-32-51(48)60-52(44)46/h4-13,15-35H,2-3,14H2,1H3. The van der Waals surface area contributed by atoms with Crippen LogP contribution in [0, 0.1) is 0 Å². The Hall–Kier alpha value is -7.63. The van der Waals surface area contributed by atoms with Crippen LogP contribution in [0.15, 0.2) is 192 Å². The van der Waals surface area contributed by atoms with Crippen LogP contribution in [-0.4, -0.2) is 19.5 Å². The highest BCUT2D eigenvalue weighted by atomic mass is 16.3. The van der Waals surface area contributed by atoms with E-state index in [9.17, 15) is 0 Å². The Morgan fingerprint density at radius 3 is 1.82 bits per heavy atom. The lowest BCUT2D eigenvalue weighted by molar-refractivity contribution is 0.670. The maximum absolute atomic E-state index is 6.63. The fourth-order valence-corrected chi connectivity index (χ4v) is 8.60. The van der Waals surface area contributed by atoms with Crippen LogP contribution in [0.4, 0.5) is 0 Å². The average molecular weight is 773 g/mol. The molecule has 0 spiro atoms. The Morgan fingerprint density at radius 1 is 0.433 bits per heavy atom. The van der Waals surface area contributed by atoms with E-state index >= 15 is 0 Å². The molecule has 0 saturated heterocycles. The first-order valence-electron chi connectivity index (χ1n) is 20.7. The van der Waals surface area contributed by atoms with Crippen molar-refractivity contribution in [2.75, 3.05) is 0 Å². The van der Waals surface area contributed by atoms with E-state index < -0.39 is 0 Å². The number of benzene rings is 8. The number of rotatable bonds is 9. The van der Waals surface area contributed by atoms with Crippen molar-refractivity contribution in [3.8, 4) is 62.1 Å². The van der Waals surface area contributed by atoms with Crippen molar-refractivity contribution in [1.82, 2.24) is 19.5 Å². The quantitative estimate of drug-likeness (QED) is 0.147. The number of hydrogen-bond acceptors (Lipinski definition) is 4. The smallest absolute Gasteiger partial charge is 0.238 e. The van der Waals surface area contributed by atoms with E-state index in [0.29, 0.717) is 17.6 Å². The molecule has 0 aliphatic carbocycles. The van der Waals surface area contributed by atoms with E-state index in [1.807, 2.05) is 24.3 Å². The number of unbranched alkanes of at least 4 members (excludes halogenated alkanes) is 1. The lowest BCUT2D eigenvalue weighted by Crippen LogP contribution is -2.06. The van der Waals surface area contributed by atoms with Gasteiger partial charge < -0.3 is 4.42 Å². The molecule has 0 amide bonds. The first kappa shape index (κ1) is 35.5. The molecule has 0 N–H and O–H groups in total. The predicted octanol–water partition coefficient (Wildman–Crippen LogP) is 14.5. The van der Waals surface area contributed by atoms with E-state index in [1.54, 1.807) is 0 Å². The van der Waals surface area contributed by atoms with Crippen LogP contribution in [-0.2, 0) is 6.42 Å². The molecule has 3 aromatic heterocycles. The van der Waals surface area contributed by atoms with Crippen molar-refractivity contribution < 1.29 is 4.42 Å². The van der Waals surface area contributed by atoms with Crippen LogP contribution in [0.25, 0.3) is 106 Å². The first-order valence-corrected chi connectivity index (χ1v) is 20.7. The number of furan rings is 1. The summed E-state index contributed by atoms with van der Waals surface area (Å²) in [5.74, 6) is 1.81. The van der Waals surface area contributed by atoms with Gasteiger partial charge in [-0.25, -0.2) is 4.98 Å². The highest BCUT2D eigenvalue weighted by Gasteiger charge is 2.20. The Labute approximate surface area is 348 Å². The van der Waals surface area contributed by atoms with Gasteiger partial charge in [0.1, 0.15) is 11.2 Å². The number of aryl methyl sites for hydroxylation is 1. The van der Waals surface area contributed by atoms with Gasteiger partial charge >= 0.3 is 0 Å². The van der Waals surface area contributed by atoms with Crippen molar-refractivity contribution in [2.24, 2.45) is 0 Å². The van der Waals surface area contributed by atoms with Gasteiger partial charge in [-0.15, -0.1) is 0 Å². The highest BCUT2D eigenvalue weighted by molar-refractivity contribution is 6.13. The second-order valence-corrected chi connectivity index (χ2v) is 15.5. The summed E-state index contributed by atoms with van der Waals surface area (Å²) in [4.78, 5) is 15.5. The third-order valence-corrected chi connectivity index (χ3v) is 11.7. The van der Waals surface area contributed by atoms with Crippen molar-refractivity contribution in [2.45, 2.75) is 26.2 Å². The molecule has 11 rings (SSSR count). The average Bonchev–Trinajstić information content (AvgIpc) is 3.87. The lowest BCUT2D eigenvalue weighted by Gasteiger charge is -2.11. The molecule has 5 heteroatoms. The zero-order valence-electron chi connectivity index (χ0n) is 33.2. The van der Waals surface area contributed by atoms with E-state index in [4.69, 9.17) is 19.4 Å². The summed E-state index contributed by atoms with van der Waals surface area (Å²) in [5.41, 5.74) is 13.9. The molecule has 286 valence electrons. The second kappa shape index (κ2) is 14.9. The normalized spacial score (nSPS) is 11.6. The highest BCUT2D eigenvalue weighted by Crippen LogP contribution is 2.40. The van der Waals surface area contributed by atoms with Crippen molar-refractivity contribution in [3.05, 3.63) is 194 Å². The van der Waals surface area contributed by atoms with Gasteiger partial charge in [0.25, 0.3) is 0 Å². The SMILES string of the molecule is CCCCc1cccc(-c2ccc(-c3nc(-c4ccccc4)nc(-n4c5ccccc5c5cc(-c6cccc7c6oc6ccc(-c8ccccc8)cc67)ccc54)n3)cc2)c1. The van der Waals surface area contributed by atoms with Crippen LogP contribution in [0.5, 0.6) is 0 Å². The molecule has 60 heavy (non-hydrogen) atoms. The van der Waals surface area contributed by atoms with Crippen molar-refractivity contribution in [1.29, 1.82) is 0 Å². The van der Waals surface area contributed by atoms with Crippen LogP contribution >= 0.6 is 0 Å². The topological polar surface area (TPSA) is 56.7 Å². The number of aromatic nitrogens is 4. The Kier molecular flexibility index (Phi) is 8.85. The van der Waals surface area contributed by atoms with E-state index in [1.165, 1.54) is 40.7 Å². The summed E-state index contributed by atoms with van der Waals surface area (Å²) in [7, 11) is 0. The van der Waals surface area contributed by atoms with E-state index in [0.717, 1.165) is 72.4 Å². The van der Waals surface area contributed by atoms with Crippen molar-refractivity contribution >= 4 is 43.7 Å². The summed E-state index contributed by atoms with van der Waals surface area (Å²) >= 11 is 0. The summed E-state index contributed by atoms with van der Waals surface area (Å²) in [5, 5.41) is 4.43. The Balaban J connectivity index is 1.03. The van der Waals surface area contributed by atoms with Gasteiger partial charge in [-0.3, -0.25) is 4.57 Å². The lowest BCUT2D eigenvalue weighted by atomic mass is 9.99. The molecule has 0 fully saturated rings. The van der Waals surface area contributed by atoms with Crippen LogP contribution in [0.2, 0.25) is 0 Å². The summed E-state index contributed by atoms with van der Waals surface area (Å²) in [6.07, 6.45) is 3.47. The largest absolute Gasteiger partial charge is 0.455 e. The number of para-hydroxylation sites is 2. The molecular weight excluding hydrogens is 733 g/mol. The number of nitrogens with zero attached hydrogens (tertiary/aromatic N) is 4. The van der Waals surface area contributed by atoms with Gasteiger partial charge in [0, 0.05) is 38.2 Å². The van der Waals surface area contributed by atoms with Gasteiger partial charge in [0.15, 0.2) is 11.6 Å². The summed E-state index contributed by atoms with van der Waals surface area (Å²) in [6, 6.07) is 66.2. The van der Waals surface area contributed by atoms with E-state index in [-0.39, 0.29) is 0 Å². The molecule has 0 atom stereocenters. The molecule has 5 nitrogen and oxygen atoms in total. The minimum Gasteiger partial charge on any atom is -0.455 e. The van der Waals surface area contributed by atoms with Gasteiger partial charge in [0.05, 0.1) is 11.0 Å². The monoisotopic (exact) mass is 772 g/mol. The molecule has 11 aromatic rings. The third kappa shape index (κ3) is 6.32. The summed E-state index contributed by atoms with van der Waals surface area (Å²) in [6.45, 7) is 2.24. The summed E-state index contributed by atoms with van der Waals surface area (Å²) < 4.78 is 8.81. The number of fused-ring (bicyclic) bond motifs is 6. The minimum absolute atomic E-state index is 0.569. The fraction of sp³-hybridized carbons (Fsp3) is 0.0727. The zero-order chi connectivity index (χ0) is 40.0. The third-order valence-electron chi connectivity index (χ3n) is 11.7.